The molecule has 1 atom stereocenters. The molecule has 1 unspecified atom stereocenters. The van der Waals surface area contributed by atoms with Crippen molar-refractivity contribution < 1.29 is 9.18 Å². The maximum Gasteiger partial charge on any atom is 0.224 e. The number of alkyl halides is 1. The van der Waals surface area contributed by atoms with E-state index in [2.05, 4.69) is 15.9 Å². The number of hydrogen-bond donors (Lipinski definition) is 0. The van der Waals surface area contributed by atoms with Crippen molar-refractivity contribution in [3.05, 3.63) is 35.1 Å². The SMILES string of the molecule is Cc1ccc(CN2CC(Br)CC2=O)cc1F. The lowest BCUT2D eigenvalue weighted by Crippen LogP contribution is -2.24. The number of aryl methyl sites for hydroxylation is 1. The Morgan fingerprint density at radius 3 is 2.88 bits per heavy atom. The number of carbonyl (C=O) groups is 1. The van der Waals surface area contributed by atoms with Crippen LogP contribution in [-0.2, 0) is 11.3 Å². The van der Waals surface area contributed by atoms with Gasteiger partial charge in [0.2, 0.25) is 5.91 Å². The smallest absolute Gasteiger partial charge is 0.224 e. The molecule has 2 rings (SSSR count). The molecule has 4 heteroatoms. The van der Waals surface area contributed by atoms with Crippen LogP contribution in [0.15, 0.2) is 18.2 Å². The Kier molecular flexibility index (Phi) is 3.28. The summed E-state index contributed by atoms with van der Waals surface area (Å²) in [6.45, 7) is 2.93. The molecular weight excluding hydrogens is 273 g/mol. The predicted molar refractivity (Wildman–Crippen MR) is 63.9 cm³/mol. The van der Waals surface area contributed by atoms with Crippen LogP contribution in [0.4, 0.5) is 4.39 Å². The van der Waals surface area contributed by atoms with Gasteiger partial charge in [-0.15, -0.1) is 0 Å². The van der Waals surface area contributed by atoms with Crippen molar-refractivity contribution in [2.45, 2.75) is 24.7 Å². The molecule has 1 heterocycles. The molecule has 1 aliphatic rings. The molecule has 0 saturated carbocycles. The monoisotopic (exact) mass is 285 g/mol. The van der Waals surface area contributed by atoms with E-state index in [1.54, 1.807) is 17.9 Å². The minimum atomic E-state index is -0.209. The maximum atomic E-state index is 13.3. The van der Waals surface area contributed by atoms with E-state index in [1.165, 1.54) is 6.07 Å². The van der Waals surface area contributed by atoms with Crippen molar-refractivity contribution in [3.63, 3.8) is 0 Å². The Morgan fingerprint density at radius 2 is 2.31 bits per heavy atom. The van der Waals surface area contributed by atoms with E-state index in [0.29, 0.717) is 25.1 Å². The number of halogens is 2. The van der Waals surface area contributed by atoms with Gasteiger partial charge in [-0.25, -0.2) is 4.39 Å². The summed E-state index contributed by atoms with van der Waals surface area (Å²) in [6.07, 6.45) is 0.536. The first-order valence-corrected chi connectivity index (χ1v) is 6.14. The van der Waals surface area contributed by atoms with Gasteiger partial charge in [0.05, 0.1) is 0 Å². The van der Waals surface area contributed by atoms with Gasteiger partial charge < -0.3 is 4.90 Å². The Morgan fingerprint density at radius 1 is 1.56 bits per heavy atom. The van der Waals surface area contributed by atoms with Crippen molar-refractivity contribution in [1.29, 1.82) is 0 Å². The minimum absolute atomic E-state index is 0.128. The number of likely N-dealkylation sites (tertiary alicyclic amines) is 1. The number of carbonyl (C=O) groups excluding carboxylic acids is 1. The number of hydrogen-bond acceptors (Lipinski definition) is 1. The second-order valence-corrected chi connectivity index (χ2v) is 5.45. The van der Waals surface area contributed by atoms with Gasteiger partial charge in [0.25, 0.3) is 0 Å². The number of rotatable bonds is 2. The summed E-state index contributed by atoms with van der Waals surface area (Å²) < 4.78 is 13.3. The number of nitrogens with zero attached hydrogens (tertiary/aromatic N) is 1. The first kappa shape index (κ1) is 11.6. The van der Waals surface area contributed by atoms with Crippen LogP contribution in [0.25, 0.3) is 0 Å². The molecule has 1 fully saturated rings. The fourth-order valence-electron chi connectivity index (χ4n) is 1.83. The molecule has 0 radical (unpaired) electrons. The lowest BCUT2D eigenvalue weighted by molar-refractivity contribution is -0.128. The van der Waals surface area contributed by atoms with Crippen LogP contribution >= 0.6 is 15.9 Å². The first-order chi connectivity index (χ1) is 7.56. The molecule has 1 aromatic carbocycles. The maximum absolute atomic E-state index is 13.3. The van der Waals surface area contributed by atoms with E-state index in [-0.39, 0.29) is 16.6 Å². The van der Waals surface area contributed by atoms with Gasteiger partial charge in [0.15, 0.2) is 0 Å². The minimum Gasteiger partial charge on any atom is -0.337 e. The Labute approximate surface area is 103 Å². The molecule has 0 N–H and O–H groups in total. The van der Waals surface area contributed by atoms with Crippen LogP contribution in [0, 0.1) is 12.7 Å². The highest BCUT2D eigenvalue weighted by molar-refractivity contribution is 9.09. The summed E-state index contributed by atoms with van der Waals surface area (Å²) in [5, 5.41) is 0. The number of benzene rings is 1. The molecule has 1 aromatic rings. The first-order valence-electron chi connectivity index (χ1n) is 5.23. The normalized spacial score (nSPS) is 20.6. The second-order valence-electron chi connectivity index (χ2n) is 4.16. The lowest BCUT2D eigenvalue weighted by atomic mass is 10.1. The fraction of sp³-hybridized carbons (Fsp3) is 0.417. The molecule has 1 aliphatic heterocycles. The Bertz CT molecular complexity index is 421. The zero-order chi connectivity index (χ0) is 11.7. The van der Waals surface area contributed by atoms with Gasteiger partial charge in [-0.3, -0.25) is 4.79 Å². The van der Waals surface area contributed by atoms with Gasteiger partial charge in [-0.05, 0) is 24.1 Å². The highest BCUT2D eigenvalue weighted by Gasteiger charge is 2.27. The summed E-state index contributed by atoms with van der Waals surface area (Å²) in [6, 6.07) is 5.12. The average molecular weight is 286 g/mol. The molecule has 0 aromatic heterocycles. The van der Waals surface area contributed by atoms with Crippen LogP contribution in [0.2, 0.25) is 0 Å². The second kappa shape index (κ2) is 4.53. The topological polar surface area (TPSA) is 20.3 Å². The molecule has 1 amide bonds. The van der Waals surface area contributed by atoms with Crippen LogP contribution in [-0.4, -0.2) is 22.2 Å². The van der Waals surface area contributed by atoms with E-state index < -0.39 is 0 Å². The predicted octanol–water partition coefficient (Wildman–Crippen LogP) is 2.63. The summed E-state index contributed by atoms with van der Waals surface area (Å²) in [5.41, 5.74) is 1.48. The lowest BCUT2D eigenvalue weighted by Gasteiger charge is -2.16. The van der Waals surface area contributed by atoms with Crippen LogP contribution in [0.5, 0.6) is 0 Å². The van der Waals surface area contributed by atoms with Crippen molar-refractivity contribution in [2.75, 3.05) is 6.54 Å². The van der Waals surface area contributed by atoms with E-state index in [9.17, 15) is 9.18 Å². The molecule has 1 saturated heterocycles. The zero-order valence-electron chi connectivity index (χ0n) is 9.04. The Balaban J connectivity index is 2.09. The molecule has 2 nitrogen and oxygen atoms in total. The standard InChI is InChI=1S/C12H13BrFNO/c1-8-2-3-9(4-11(8)14)6-15-7-10(13)5-12(15)16/h2-4,10H,5-7H2,1H3. The summed E-state index contributed by atoms with van der Waals surface area (Å²) >= 11 is 3.42. The summed E-state index contributed by atoms with van der Waals surface area (Å²) in [7, 11) is 0. The third kappa shape index (κ3) is 2.43. The van der Waals surface area contributed by atoms with Gasteiger partial charge >= 0.3 is 0 Å². The summed E-state index contributed by atoms with van der Waals surface area (Å²) in [5.74, 6) is -0.0811. The highest BCUT2D eigenvalue weighted by atomic mass is 79.9. The molecule has 86 valence electrons. The highest BCUT2D eigenvalue weighted by Crippen LogP contribution is 2.21. The van der Waals surface area contributed by atoms with E-state index in [0.717, 1.165) is 5.56 Å². The third-order valence-electron chi connectivity index (χ3n) is 2.78. The average Bonchev–Trinajstić information content (AvgIpc) is 2.51. The van der Waals surface area contributed by atoms with E-state index in [4.69, 9.17) is 0 Å². The van der Waals surface area contributed by atoms with Crippen LogP contribution < -0.4 is 0 Å². The van der Waals surface area contributed by atoms with Gasteiger partial charge in [-0.1, -0.05) is 28.1 Å². The Hall–Kier alpha value is -0.900. The number of amides is 1. The zero-order valence-corrected chi connectivity index (χ0v) is 10.6. The largest absolute Gasteiger partial charge is 0.337 e. The van der Waals surface area contributed by atoms with Crippen LogP contribution in [0.3, 0.4) is 0 Å². The molecular formula is C12H13BrFNO. The molecule has 0 bridgehead atoms. The fourth-order valence-corrected chi connectivity index (χ4v) is 2.46. The van der Waals surface area contributed by atoms with E-state index >= 15 is 0 Å². The van der Waals surface area contributed by atoms with Gasteiger partial charge in [0.1, 0.15) is 5.82 Å². The molecule has 0 aliphatic carbocycles. The van der Waals surface area contributed by atoms with Crippen molar-refractivity contribution in [3.8, 4) is 0 Å². The van der Waals surface area contributed by atoms with Crippen molar-refractivity contribution >= 4 is 21.8 Å². The van der Waals surface area contributed by atoms with Crippen LogP contribution in [0.1, 0.15) is 17.5 Å². The van der Waals surface area contributed by atoms with Gasteiger partial charge in [-0.2, -0.15) is 0 Å². The van der Waals surface area contributed by atoms with Crippen molar-refractivity contribution in [1.82, 2.24) is 4.90 Å². The molecule has 0 spiro atoms. The third-order valence-corrected chi connectivity index (χ3v) is 3.39. The van der Waals surface area contributed by atoms with E-state index in [1.807, 2.05) is 6.07 Å². The quantitative estimate of drug-likeness (QED) is 0.765. The van der Waals surface area contributed by atoms with Crippen molar-refractivity contribution in [2.24, 2.45) is 0 Å². The summed E-state index contributed by atoms with van der Waals surface area (Å²) in [4.78, 5) is 13.5. The van der Waals surface area contributed by atoms with Gasteiger partial charge in [0, 0.05) is 24.3 Å². The molecule has 16 heavy (non-hydrogen) atoms.